The molecule has 0 saturated heterocycles. The van der Waals surface area contributed by atoms with Crippen molar-refractivity contribution < 1.29 is 4.39 Å². The monoisotopic (exact) mass is 897 g/mol. The molecule has 2 heterocycles. The van der Waals surface area contributed by atoms with Crippen LogP contribution in [-0.4, -0.2) is 22.4 Å². The van der Waals surface area contributed by atoms with Crippen molar-refractivity contribution in [2.45, 2.75) is 0 Å². The van der Waals surface area contributed by atoms with E-state index in [4.69, 9.17) is 0 Å². The zero-order valence-corrected chi connectivity index (χ0v) is 37.6. The average Bonchev–Trinajstić information content (AvgIpc) is 3.88. The molecule has 12 aromatic rings. The van der Waals surface area contributed by atoms with Gasteiger partial charge in [-0.15, -0.1) is 0 Å². The van der Waals surface area contributed by atoms with Crippen molar-refractivity contribution in [3.8, 4) is 11.4 Å². The van der Waals surface area contributed by atoms with Gasteiger partial charge in [0.15, 0.2) is 0 Å². The van der Waals surface area contributed by atoms with E-state index in [0.29, 0.717) is 0 Å². The zero-order valence-electron chi connectivity index (χ0n) is 35.5. The molecule has 0 spiro atoms. The van der Waals surface area contributed by atoms with E-state index in [2.05, 4.69) is 245 Å². The van der Waals surface area contributed by atoms with Gasteiger partial charge in [0, 0.05) is 5.69 Å². The summed E-state index contributed by atoms with van der Waals surface area (Å²) in [4.78, 5) is 2.37. The second kappa shape index (κ2) is 16.0. The number of halogens is 1. The summed E-state index contributed by atoms with van der Waals surface area (Å²) in [5.41, 5.74) is 9.66. The number of aromatic nitrogens is 2. The summed E-state index contributed by atoms with van der Waals surface area (Å²) in [5.74, 6) is -0.257. The molecule has 0 aliphatic rings. The number of fused-ring (bicyclic) bond motifs is 6. The molecule has 2 aromatic heterocycles. The molecular weight excluding hydrogens is 854 g/mol. The molecule has 0 saturated carbocycles. The van der Waals surface area contributed by atoms with Crippen LogP contribution in [0.15, 0.2) is 255 Å². The van der Waals surface area contributed by atoms with Crippen molar-refractivity contribution in [3.63, 3.8) is 0 Å². The van der Waals surface area contributed by atoms with Gasteiger partial charge in [0.1, 0.15) is 0 Å². The molecule has 0 aliphatic carbocycles. The van der Waals surface area contributed by atoms with Crippen LogP contribution in [0.25, 0.3) is 55.0 Å². The van der Waals surface area contributed by atoms with Crippen molar-refractivity contribution >= 4 is 91.5 Å². The van der Waals surface area contributed by atoms with E-state index in [1.165, 1.54) is 33.9 Å². The first-order chi connectivity index (χ1) is 32.2. The fourth-order valence-electron chi connectivity index (χ4n) is 10.3. The molecule has 5 heteroatoms. The minimum atomic E-state index is -3.65. The number of hydrogen-bond donors (Lipinski definition) is 0. The third-order valence-electron chi connectivity index (χ3n) is 13.1. The van der Waals surface area contributed by atoms with Crippen LogP contribution in [0.1, 0.15) is 0 Å². The first-order valence-corrected chi connectivity index (χ1v) is 26.3. The topological polar surface area (TPSA) is 13.1 Å². The third kappa shape index (κ3) is 6.40. The molecule has 0 fully saturated rings. The fourth-order valence-corrected chi connectivity index (χ4v) is 20.3. The zero-order chi connectivity index (χ0) is 43.3. The van der Waals surface area contributed by atoms with E-state index in [1.807, 2.05) is 12.1 Å². The van der Waals surface area contributed by atoms with Gasteiger partial charge in [0.05, 0.1) is 0 Å². The van der Waals surface area contributed by atoms with Gasteiger partial charge in [0.25, 0.3) is 0 Å². The fraction of sp³-hybridized carbons (Fsp3) is 0. The Balaban J connectivity index is 1.13. The predicted molar refractivity (Wildman–Crippen MR) is 273 cm³/mol. The Morgan fingerprint density at radius 3 is 1.23 bits per heavy atom. The Hall–Kier alpha value is -7.93. The predicted octanol–water partition coefficient (Wildman–Crippen LogP) is 12.9. The van der Waals surface area contributed by atoms with E-state index in [9.17, 15) is 4.39 Å². The van der Waals surface area contributed by atoms with Crippen LogP contribution in [0.2, 0.25) is 0 Å². The molecule has 0 bridgehead atoms. The summed E-state index contributed by atoms with van der Waals surface area (Å²) >= 11 is -3.65. The van der Waals surface area contributed by atoms with Crippen molar-refractivity contribution in [1.82, 2.24) is 9.13 Å². The van der Waals surface area contributed by atoms with Crippen LogP contribution in [0.4, 0.5) is 21.5 Å². The summed E-state index contributed by atoms with van der Waals surface area (Å²) in [6.45, 7) is 0. The number of hydrogen-bond acceptors (Lipinski definition) is 1. The molecule has 3 nitrogen and oxygen atoms in total. The molecule has 0 N–H and O–H groups in total. The minimum absolute atomic E-state index is 0.257. The van der Waals surface area contributed by atoms with Gasteiger partial charge in [-0.3, -0.25) is 0 Å². The first-order valence-electron chi connectivity index (χ1n) is 22.1. The van der Waals surface area contributed by atoms with Gasteiger partial charge >= 0.3 is 328 Å². The van der Waals surface area contributed by atoms with Gasteiger partial charge in [0.2, 0.25) is 0 Å². The number of rotatable bonds is 9. The van der Waals surface area contributed by atoms with Gasteiger partial charge < -0.3 is 0 Å². The Kier molecular flexibility index (Phi) is 9.54. The van der Waals surface area contributed by atoms with Crippen molar-refractivity contribution in [2.75, 3.05) is 4.90 Å². The summed E-state index contributed by atoms with van der Waals surface area (Å²) in [5, 5.41) is 4.66. The molecule has 0 atom stereocenters. The van der Waals surface area contributed by atoms with Crippen LogP contribution in [-0.2, 0) is 0 Å². The maximum absolute atomic E-state index is 14.5. The van der Waals surface area contributed by atoms with Gasteiger partial charge in [-0.25, -0.2) is 0 Å². The molecule has 65 heavy (non-hydrogen) atoms. The first kappa shape index (κ1) is 38.7. The van der Waals surface area contributed by atoms with E-state index < -0.39 is 13.3 Å². The molecule has 0 amide bonds. The maximum atomic E-state index is 14.5. The van der Waals surface area contributed by atoms with E-state index in [1.54, 1.807) is 12.1 Å². The molecule has 0 unspecified atom stereocenters. The van der Waals surface area contributed by atoms with Gasteiger partial charge in [-0.05, 0) is 18.2 Å². The van der Waals surface area contributed by atoms with Crippen molar-refractivity contribution in [3.05, 3.63) is 261 Å². The third-order valence-corrected chi connectivity index (χ3v) is 23.1. The molecule has 0 aliphatic heterocycles. The number of para-hydroxylation sites is 3. The van der Waals surface area contributed by atoms with E-state index >= 15 is 0 Å². The number of anilines is 3. The second-order valence-corrected chi connectivity index (χ2v) is 24.6. The second-order valence-electron chi connectivity index (χ2n) is 16.7. The van der Waals surface area contributed by atoms with Gasteiger partial charge in [-0.2, -0.15) is 0 Å². The number of benzene rings is 10. The standard InChI is InChI=1S/C60H42FGeN3/c61-43-30-33-50(34-31-43)65-58-37-32-47(62(44-18-6-1-7-19-44,45-20-8-2-9-21-45)46-22-10-3-11-23-46)40-54(58)56-42-52(36-39-60(56)65)63(48-24-12-4-13-25-48)51-35-38-59-55(41-51)53-28-16-17-29-57(53)64(59)49-26-14-5-15-27-49/h1-42H. The van der Waals surface area contributed by atoms with Crippen LogP contribution in [0.5, 0.6) is 0 Å². The van der Waals surface area contributed by atoms with Crippen molar-refractivity contribution in [2.24, 2.45) is 0 Å². The molecule has 308 valence electrons. The normalized spacial score (nSPS) is 11.8. The summed E-state index contributed by atoms with van der Waals surface area (Å²) in [6, 6.07) is 91.1. The average molecular weight is 897 g/mol. The Bertz CT molecular complexity index is 3550. The Morgan fingerprint density at radius 1 is 0.292 bits per heavy atom. The summed E-state index contributed by atoms with van der Waals surface area (Å²) in [7, 11) is 0. The van der Waals surface area contributed by atoms with E-state index in [-0.39, 0.29) is 5.82 Å². The molecule has 0 radical (unpaired) electrons. The Morgan fingerprint density at radius 2 is 0.692 bits per heavy atom. The summed E-state index contributed by atoms with van der Waals surface area (Å²) < 4.78 is 24.6. The number of nitrogens with zero attached hydrogens (tertiary/aromatic N) is 3. The van der Waals surface area contributed by atoms with E-state index in [0.717, 1.165) is 55.8 Å². The Labute approximate surface area is 379 Å². The summed E-state index contributed by atoms with van der Waals surface area (Å²) in [6.07, 6.45) is 0. The molecular formula is C60H42FGeN3. The van der Waals surface area contributed by atoms with Gasteiger partial charge in [-0.1, -0.05) is 30.3 Å². The SMILES string of the molecule is Fc1ccc(-n2c3ccc(N(c4ccccc4)c4ccc5c(c4)c4ccccc4n5-c4ccccc4)cc3c3c[c]([Ge]([c]4ccccc4)([c]4ccccc4)[c]4ccccc4)ccc32)cc1. The van der Waals surface area contributed by atoms with Crippen LogP contribution in [0.3, 0.4) is 0 Å². The van der Waals surface area contributed by atoms with Crippen LogP contribution >= 0.6 is 0 Å². The quantitative estimate of drug-likeness (QED) is 0.132. The molecule has 10 aromatic carbocycles. The van der Waals surface area contributed by atoms with Crippen LogP contribution in [0, 0.1) is 5.82 Å². The van der Waals surface area contributed by atoms with Crippen molar-refractivity contribution in [1.29, 1.82) is 0 Å². The molecule has 12 rings (SSSR count). The van der Waals surface area contributed by atoms with Crippen LogP contribution < -0.4 is 22.5 Å².